The third-order valence-electron chi connectivity index (χ3n) is 7.45. The molecule has 1 aromatic carbocycles. The second-order valence-electron chi connectivity index (χ2n) is 8.96. The fourth-order valence-corrected chi connectivity index (χ4v) is 6.08. The van der Waals surface area contributed by atoms with Crippen molar-refractivity contribution in [3.05, 3.63) is 35.1 Å². The van der Waals surface area contributed by atoms with Crippen LogP contribution in [0.1, 0.15) is 37.8 Å². The predicted octanol–water partition coefficient (Wildman–Crippen LogP) is 1.47. The number of hydrogen-bond donors (Lipinski definition) is 1. The normalized spacial score (nSPS) is 33.5. The van der Waals surface area contributed by atoms with E-state index in [9.17, 15) is 14.7 Å². The molecule has 2 heterocycles. The lowest BCUT2D eigenvalue weighted by Crippen LogP contribution is -2.74. The molecule has 0 unspecified atom stereocenters. The second-order valence-corrected chi connectivity index (χ2v) is 8.96. The maximum Gasteiger partial charge on any atom is 0.352 e. The van der Waals surface area contributed by atoms with E-state index in [4.69, 9.17) is 18.9 Å². The van der Waals surface area contributed by atoms with Crippen molar-refractivity contribution in [3.63, 3.8) is 0 Å². The monoisotopic (exact) mass is 429 g/mol. The number of piperidine rings is 1. The molecule has 0 radical (unpaired) electrons. The van der Waals surface area contributed by atoms with Gasteiger partial charge in [0.05, 0.1) is 18.1 Å². The van der Waals surface area contributed by atoms with Gasteiger partial charge in [0.25, 0.3) is 0 Å². The summed E-state index contributed by atoms with van der Waals surface area (Å²) < 4.78 is 22.6. The summed E-state index contributed by atoms with van der Waals surface area (Å²) in [4.78, 5) is 26.0. The molecule has 2 aliphatic carbocycles. The largest absolute Gasteiger partial charge is 0.493 e. The molecular weight excluding hydrogens is 402 g/mol. The first kappa shape index (κ1) is 20.3. The van der Waals surface area contributed by atoms with Crippen LogP contribution in [0.3, 0.4) is 0 Å². The molecule has 2 bridgehead atoms. The van der Waals surface area contributed by atoms with Crippen molar-refractivity contribution in [1.29, 1.82) is 0 Å². The van der Waals surface area contributed by atoms with E-state index in [-0.39, 0.29) is 6.04 Å². The quantitative estimate of drug-likeness (QED) is 0.719. The smallest absolute Gasteiger partial charge is 0.352 e. The van der Waals surface area contributed by atoms with E-state index < -0.39 is 35.2 Å². The summed E-state index contributed by atoms with van der Waals surface area (Å²) in [6.07, 6.45) is 1.74. The van der Waals surface area contributed by atoms with Gasteiger partial charge in [0.2, 0.25) is 0 Å². The maximum absolute atomic E-state index is 12.6. The number of ether oxygens (including phenoxy) is 4. The van der Waals surface area contributed by atoms with Crippen LogP contribution < -0.4 is 9.47 Å². The Bertz CT molecular complexity index is 1000. The van der Waals surface area contributed by atoms with Gasteiger partial charge >= 0.3 is 11.9 Å². The van der Waals surface area contributed by atoms with E-state index in [2.05, 4.69) is 4.90 Å². The summed E-state index contributed by atoms with van der Waals surface area (Å²) >= 11 is 0. The maximum atomic E-state index is 12.6. The van der Waals surface area contributed by atoms with E-state index in [1.165, 1.54) is 13.8 Å². The summed E-state index contributed by atoms with van der Waals surface area (Å²) in [6, 6.07) is 3.86. The molecule has 0 saturated carbocycles. The number of rotatable bonds is 4. The van der Waals surface area contributed by atoms with Crippen LogP contribution >= 0.6 is 0 Å². The van der Waals surface area contributed by atoms with Gasteiger partial charge in [0.15, 0.2) is 23.7 Å². The highest BCUT2D eigenvalue weighted by Crippen LogP contribution is 2.65. The molecule has 1 fully saturated rings. The standard InChI is InChI=1S/C23H27NO7/c1-12(29-13(2)25)21(26)30-16-7-8-23(27)17-11-14-5-6-15(28-4)19-18(14)22(23,20(16)31-19)9-10-24(17)3/h5-7,12,17,20,27H,8-11H2,1-4H3/t12-,17+,20-,22-,23+/m0/s1. The molecule has 2 aliphatic heterocycles. The number of aliphatic hydroxyl groups is 1. The highest BCUT2D eigenvalue weighted by Gasteiger charge is 2.72. The van der Waals surface area contributed by atoms with Crippen LogP contribution in [0.25, 0.3) is 0 Å². The lowest BCUT2D eigenvalue weighted by Gasteiger charge is -2.61. The summed E-state index contributed by atoms with van der Waals surface area (Å²) in [6.45, 7) is 3.50. The van der Waals surface area contributed by atoms with E-state index in [0.717, 1.165) is 17.7 Å². The number of hydrogen-bond acceptors (Lipinski definition) is 8. The zero-order valence-electron chi connectivity index (χ0n) is 18.1. The Kier molecular flexibility index (Phi) is 4.40. The first-order valence-corrected chi connectivity index (χ1v) is 10.6. The fraction of sp³-hybridized carbons (Fsp3) is 0.565. The van der Waals surface area contributed by atoms with Gasteiger partial charge in [-0.2, -0.15) is 0 Å². The van der Waals surface area contributed by atoms with Crippen LogP contribution in [0.15, 0.2) is 24.0 Å². The minimum Gasteiger partial charge on any atom is -0.493 e. The summed E-state index contributed by atoms with van der Waals surface area (Å²) in [7, 11) is 3.63. The van der Waals surface area contributed by atoms with Crippen LogP contribution in [0.2, 0.25) is 0 Å². The Morgan fingerprint density at radius 3 is 2.84 bits per heavy atom. The van der Waals surface area contributed by atoms with Crippen LogP contribution in [0.5, 0.6) is 11.5 Å². The molecule has 31 heavy (non-hydrogen) atoms. The summed E-state index contributed by atoms with van der Waals surface area (Å²) in [5, 5.41) is 12.1. The molecule has 8 heteroatoms. The number of carbonyl (C=O) groups is 2. The number of nitrogens with zero attached hydrogens (tertiary/aromatic N) is 1. The zero-order chi connectivity index (χ0) is 22.1. The van der Waals surface area contributed by atoms with Crippen molar-refractivity contribution in [2.24, 2.45) is 0 Å². The van der Waals surface area contributed by atoms with Crippen molar-refractivity contribution in [2.75, 3.05) is 20.7 Å². The van der Waals surface area contributed by atoms with Gasteiger partial charge in [0, 0.05) is 24.9 Å². The molecule has 5 rings (SSSR count). The van der Waals surface area contributed by atoms with Gasteiger partial charge in [-0.15, -0.1) is 0 Å². The van der Waals surface area contributed by atoms with Crippen molar-refractivity contribution in [3.8, 4) is 11.5 Å². The molecular formula is C23H27NO7. The highest BCUT2D eigenvalue weighted by atomic mass is 16.6. The molecule has 1 N–H and O–H groups in total. The lowest BCUT2D eigenvalue weighted by atomic mass is 9.50. The van der Waals surface area contributed by atoms with Crippen LogP contribution in [-0.4, -0.2) is 66.5 Å². The van der Waals surface area contributed by atoms with E-state index in [0.29, 0.717) is 36.5 Å². The number of esters is 2. The molecule has 5 atom stereocenters. The molecule has 0 aromatic heterocycles. The van der Waals surface area contributed by atoms with Gasteiger partial charge < -0.3 is 29.0 Å². The fourth-order valence-electron chi connectivity index (χ4n) is 6.08. The predicted molar refractivity (Wildman–Crippen MR) is 109 cm³/mol. The number of benzene rings is 1. The first-order valence-electron chi connectivity index (χ1n) is 10.6. The first-order chi connectivity index (χ1) is 14.7. The minimum absolute atomic E-state index is 0.0762. The highest BCUT2D eigenvalue weighted by molar-refractivity contribution is 5.79. The lowest BCUT2D eigenvalue weighted by molar-refractivity contribution is -0.175. The molecule has 8 nitrogen and oxygen atoms in total. The minimum atomic E-state index is -1.06. The molecule has 1 saturated heterocycles. The third-order valence-corrected chi connectivity index (χ3v) is 7.45. The molecule has 166 valence electrons. The van der Waals surface area contributed by atoms with Gasteiger partial charge in [0.1, 0.15) is 5.76 Å². The molecule has 1 spiro atoms. The Balaban J connectivity index is 1.61. The Hall–Kier alpha value is -2.58. The number of likely N-dealkylation sites (tertiary alicyclic amines) is 1. The SMILES string of the molecule is COc1ccc2c3c1O[C@H]1C(OC(=O)[C@H](C)OC(C)=O)=CC[C@@]4(O)[C@@H](C2)N(C)CC[C@]314. The van der Waals surface area contributed by atoms with Crippen molar-refractivity contribution in [1.82, 2.24) is 4.90 Å². The van der Waals surface area contributed by atoms with E-state index >= 15 is 0 Å². The van der Waals surface area contributed by atoms with Crippen LogP contribution in [0, 0.1) is 0 Å². The second kappa shape index (κ2) is 6.71. The van der Waals surface area contributed by atoms with Crippen molar-refractivity contribution in [2.45, 2.75) is 62.4 Å². The van der Waals surface area contributed by atoms with E-state index in [1.807, 2.05) is 19.2 Å². The summed E-state index contributed by atoms with van der Waals surface area (Å²) in [5.74, 6) is 0.335. The topological polar surface area (TPSA) is 94.5 Å². The summed E-state index contributed by atoms with van der Waals surface area (Å²) in [5.41, 5.74) is 0.294. The van der Waals surface area contributed by atoms with Gasteiger partial charge in [-0.05, 0) is 51.1 Å². The molecule has 1 aromatic rings. The average molecular weight is 429 g/mol. The average Bonchev–Trinajstić information content (AvgIpc) is 3.07. The Morgan fingerprint density at radius 1 is 1.35 bits per heavy atom. The van der Waals surface area contributed by atoms with Crippen LogP contribution in [0.4, 0.5) is 0 Å². The van der Waals surface area contributed by atoms with Gasteiger partial charge in [-0.1, -0.05) is 6.07 Å². The molecule has 4 aliphatic rings. The Morgan fingerprint density at radius 2 is 2.13 bits per heavy atom. The number of likely N-dealkylation sites (N-methyl/N-ethyl adjacent to an activating group) is 1. The molecule has 0 amide bonds. The van der Waals surface area contributed by atoms with Gasteiger partial charge in [-0.25, -0.2) is 4.79 Å². The number of carbonyl (C=O) groups excluding carboxylic acids is 2. The van der Waals surface area contributed by atoms with Crippen molar-refractivity contribution >= 4 is 11.9 Å². The van der Waals surface area contributed by atoms with Gasteiger partial charge in [-0.3, -0.25) is 4.79 Å². The van der Waals surface area contributed by atoms with E-state index in [1.54, 1.807) is 13.2 Å². The van der Waals surface area contributed by atoms with Crippen molar-refractivity contribution < 1.29 is 33.6 Å². The number of methoxy groups -OCH3 is 1. The zero-order valence-corrected chi connectivity index (χ0v) is 18.1. The third kappa shape index (κ3) is 2.55. The Labute approximate surface area is 180 Å². The van der Waals surface area contributed by atoms with Crippen LogP contribution in [-0.2, 0) is 30.9 Å².